The zero-order valence-corrected chi connectivity index (χ0v) is 17.2. The molecule has 2 fully saturated rings. The van der Waals surface area contributed by atoms with E-state index < -0.39 is 0 Å². The van der Waals surface area contributed by atoms with Gasteiger partial charge in [-0.05, 0) is 64.2 Å². The zero-order chi connectivity index (χ0) is 18.2. The smallest absolute Gasteiger partial charge is 0.308 e. The molecule has 0 atom stereocenters. The molecule has 4 nitrogen and oxygen atoms in total. The lowest BCUT2D eigenvalue weighted by Gasteiger charge is -2.43. The van der Waals surface area contributed by atoms with E-state index in [1.54, 1.807) is 11.8 Å². The molecule has 2 aliphatic rings. The van der Waals surface area contributed by atoms with Gasteiger partial charge in [0.1, 0.15) is 0 Å². The van der Waals surface area contributed by atoms with Crippen LogP contribution in [0.25, 0.3) is 0 Å². The minimum atomic E-state index is -0.0116. The average Bonchev–Trinajstić information content (AvgIpc) is 2.63. The van der Waals surface area contributed by atoms with E-state index in [2.05, 4.69) is 11.8 Å². The first kappa shape index (κ1) is 20.9. The Morgan fingerprint density at radius 3 is 2.24 bits per heavy atom. The number of ether oxygens (including phenoxy) is 1. The molecule has 25 heavy (non-hydrogen) atoms. The number of nitrogens with zero attached hydrogens (tertiary/aromatic N) is 1. The fourth-order valence-corrected chi connectivity index (χ4v) is 5.11. The van der Waals surface area contributed by atoms with Crippen molar-refractivity contribution < 1.29 is 9.53 Å². The number of rotatable bonds is 7. The molecule has 0 aromatic rings. The number of thioether (sulfide) groups is 1. The van der Waals surface area contributed by atoms with Crippen LogP contribution < -0.4 is 5.73 Å². The van der Waals surface area contributed by atoms with Gasteiger partial charge in [0, 0.05) is 18.3 Å². The maximum absolute atomic E-state index is 12.0. The Balaban J connectivity index is 1.94. The van der Waals surface area contributed by atoms with Gasteiger partial charge in [-0.25, -0.2) is 0 Å². The highest BCUT2D eigenvalue weighted by Gasteiger charge is 2.34. The molecule has 0 amide bonds. The summed E-state index contributed by atoms with van der Waals surface area (Å²) in [5, 5.41) is 0. The maximum atomic E-state index is 12.0. The molecule has 144 valence electrons. The van der Waals surface area contributed by atoms with E-state index in [4.69, 9.17) is 22.1 Å². The van der Waals surface area contributed by atoms with Crippen LogP contribution in [0.4, 0.5) is 0 Å². The van der Waals surface area contributed by atoms with E-state index in [0.29, 0.717) is 23.1 Å². The molecule has 2 aliphatic carbocycles. The van der Waals surface area contributed by atoms with Crippen molar-refractivity contribution in [2.45, 2.75) is 77.3 Å². The highest BCUT2D eigenvalue weighted by molar-refractivity contribution is 8.04. The summed E-state index contributed by atoms with van der Waals surface area (Å²) >= 11 is 7.74. The Bertz CT molecular complexity index is 445. The fraction of sp³-hybridized carbons (Fsp3) is 0.842. The largest absolute Gasteiger partial charge is 0.466 e. The SMILES string of the molecule is CCOC(=O)C1CCC(N(CS/C(Cl)=C\N)C2CCC(C)CC2)CC1. The van der Waals surface area contributed by atoms with Gasteiger partial charge >= 0.3 is 5.97 Å². The van der Waals surface area contributed by atoms with Gasteiger partial charge in [-0.3, -0.25) is 9.69 Å². The second kappa shape index (κ2) is 10.7. The summed E-state index contributed by atoms with van der Waals surface area (Å²) in [5.41, 5.74) is 5.53. The molecule has 0 bridgehead atoms. The first-order valence-electron chi connectivity index (χ1n) is 9.67. The monoisotopic (exact) mass is 388 g/mol. The second-order valence-electron chi connectivity index (χ2n) is 7.43. The van der Waals surface area contributed by atoms with Crippen LogP contribution in [0.1, 0.15) is 65.2 Å². The topological polar surface area (TPSA) is 55.6 Å². The number of esters is 1. The van der Waals surface area contributed by atoms with Crippen molar-refractivity contribution in [3.05, 3.63) is 10.6 Å². The van der Waals surface area contributed by atoms with Crippen LogP contribution in [0.3, 0.4) is 0 Å². The molecule has 0 aromatic heterocycles. The summed E-state index contributed by atoms with van der Waals surface area (Å²) < 4.78 is 5.86. The molecule has 0 radical (unpaired) electrons. The third kappa shape index (κ3) is 6.37. The molecular weight excluding hydrogens is 356 g/mol. The summed E-state index contributed by atoms with van der Waals surface area (Å²) in [6, 6.07) is 1.17. The summed E-state index contributed by atoms with van der Waals surface area (Å²) in [6.07, 6.45) is 10.6. The first-order valence-corrected chi connectivity index (χ1v) is 11.0. The highest BCUT2D eigenvalue weighted by Crippen LogP contribution is 2.36. The van der Waals surface area contributed by atoms with Crippen LogP contribution in [-0.4, -0.2) is 35.4 Å². The third-order valence-electron chi connectivity index (χ3n) is 5.72. The molecular formula is C19H33ClN2O2S. The summed E-state index contributed by atoms with van der Waals surface area (Å²) in [6.45, 7) is 4.71. The molecule has 0 unspecified atom stereocenters. The number of hydrogen-bond donors (Lipinski definition) is 1. The Morgan fingerprint density at radius 1 is 1.16 bits per heavy atom. The van der Waals surface area contributed by atoms with E-state index in [1.807, 2.05) is 6.92 Å². The normalized spacial score (nSPS) is 31.1. The van der Waals surface area contributed by atoms with Gasteiger partial charge in [-0.2, -0.15) is 0 Å². The van der Waals surface area contributed by atoms with E-state index >= 15 is 0 Å². The van der Waals surface area contributed by atoms with E-state index in [9.17, 15) is 4.79 Å². The van der Waals surface area contributed by atoms with E-state index in [1.165, 1.54) is 31.9 Å². The van der Waals surface area contributed by atoms with Gasteiger partial charge < -0.3 is 10.5 Å². The Hall–Kier alpha value is -0.390. The van der Waals surface area contributed by atoms with Crippen LogP contribution in [0, 0.1) is 11.8 Å². The molecule has 0 saturated heterocycles. The second-order valence-corrected chi connectivity index (χ2v) is 9.05. The predicted molar refractivity (Wildman–Crippen MR) is 106 cm³/mol. The molecule has 2 N–H and O–H groups in total. The number of nitrogens with two attached hydrogens (primary N) is 1. The Kier molecular flexibility index (Phi) is 8.94. The van der Waals surface area contributed by atoms with E-state index in [-0.39, 0.29) is 11.9 Å². The Labute approximate surface area is 161 Å². The molecule has 0 heterocycles. The minimum Gasteiger partial charge on any atom is -0.466 e. The quantitative estimate of drug-likeness (QED) is 0.507. The minimum absolute atomic E-state index is 0.0116. The van der Waals surface area contributed by atoms with Gasteiger partial charge in [-0.1, -0.05) is 30.3 Å². The van der Waals surface area contributed by atoms with Crippen molar-refractivity contribution in [1.29, 1.82) is 0 Å². The molecule has 0 aromatic carbocycles. The van der Waals surface area contributed by atoms with Crippen molar-refractivity contribution in [3.63, 3.8) is 0 Å². The van der Waals surface area contributed by atoms with Crippen molar-refractivity contribution in [2.75, 3.05) is 12.5 Å². The fourth-order valence-electron chi connectivity index (χ4n) is 4.17. The van der Waals surface area contributed by atoms with Crippen molar-refractivity contribution in [1.82, 2.24) is 4.90 Å². The van der Waals surface area contributed by atoms with E-state index in [0.717, 1.165) is 37.5 Å². The van der Waals surface area contributed by atoms with Crippen LogP contribution in [0.2, 0.25) is 0 Å². The third-order valence-corrected chi connectivity index (χ3v) is 7.02. The lowest BCUT2D eigenvalue weighted by molar-refractivity contribution is -0.149. The molecule has 6 heteroatoms. The number of hydrogen-bond acceptors (Lipinski definition) is 5. The van der Waals surface area contributed by atoms with Crippen LogP contribution >= 0.6 is 23.4 Å². The molecule has 2 saturated carbocycles. The zero-order valence-electron chi connectivity index (χ0n) is 15.6. The maximum Gasteiger partial charge on any atom is 0.308 e. The molecule has 2 rings (SSSR count). The highest BCUT2D eigenvalue weighted by atomic mass is 35.5. The number of halogens is 1. The van der Waals surface area contributed by atoms with Crippen LogP contribution in [0.5, 0.6) is 0 Å². The lowest BCUT2D eigenvalue weighted by atomic mass is 9.82. The van der Waals surface area contributed by atoms with Gasteiger partial charge in [0.15, 0.2) is 0 Å². The molecule has 0 spiro atoms. The van der Waals surface area contributed by atoms with Gasteiger partial charge in [0.05, 0.1) is 22.8 Å². The summed E-state index contributed by atoms with van der Waals surface area (Å²) in [5.74, 6) is 1.81. The summed E-state index contributed by atoms with van der Waals surface area (Å²) in [7, 11) is 0. The Morgan fingerprint density at radius 2 is 1.72 bits per heavy atom. The van der Waals surface area contributed by atoms with Crippen LogP contribution in [0.15, 0.2) is 10.6 Å². The lowest BCUT2D eigenvalue weighted by Crippen LogP contribution is -2.46. The number of carbonyl (C=O) groups is 1. The molecule has 0 aliphatic heterocycles. The standard InChI is InChI=1S/C19H33ClN2O2S/c1-3-24-19(23)15-6-10-17(11-7-15)22(13-25-18(20)12-21)16-8-4-14(2)5-9-16/h12,14-17H,3-11,13,21H2,1-2H3/b18-12-. The van der Waals surface area contributed by atoms with Crippen molar-refractivity contribution >= 4 is 29.3 Å². The van der Waals surface area contributed by atoms with Crippen LogP contribution in [-0.2, 0) is 9.53 Å². The predicted octanol–water partition coefficient (Wildman–Crippen LogP) is 4.68. The van der Waals surface area contributed by atoms with Gasteiger partial charge in [-0.15, -0.1) is 0 Å². The van der Waals surface area contributed by atoms with Gasteiger partial charge in [0.25, 0.3) is 0 Å². The van der Waals surface area contributed by atoms with Crippen molar-refractivity contribution in [3.8, 4) is 0 Å². The summed E-state index contributed by atoms with van der Waals surface area (Å²) in [4.78, 5) is 14.6. The van der Waals surface area contributed by atoms with Gasteiger partial charge in [0.2, 0.25) is 0 Å². The number of carbonyl (C=O) groups excluding carboxylic acids is 1. The first-order chi connectivity index (χ1) is 12.0. The average molecular weight is 389 g/mol. The van der Waals surface area contributed by atoms with Crippen molar-refractivity contribution in [2.24, 2.45) is 17.6 Å².